The number of hydrogen-bond donors (Lipinski definition) is 2. The maximum atomic E-state index is 6.52. The summed E-state index contributed by atoms with van der Waals surface area (Å²) < 4.78 is 0. The van der Waals surface area contributed by atoms with E-state index in [9.17, 15) is 0 Å². The van der Waals surface area contributed by atoms with Gasteiger partial charge < -0.3 is 10.6 Å². The molecule has 26 heavy (non-hydrogen) atoms. The van der Waals surface area contributed by atoms with Crippen molar-refractivity contribution < 1.29 is 0 Å². The van der Waals surface area contributed by atoms with Crippen molar-refractivity contribution in [2.24, 2.45) is 4.99 Å². The summed E-state index contributed by atoms with van der Waals surface area (Å²) in [5.41, 5.74) is 3.26. The van der Waals surface area contributed by atoms with Crippen LogP contribution in [-0.4, -0.2) is 11.4 Å². The Kier molecular flexibility index (Phi) is 3.75. The molecule has 2 N–H and O–H groups in total. The highest BCUT2D eigenvalue weighted by Crippen LogP contribution is 2.53. The van der Waals surface area contributed by atoms with Crippen molar-refractivity contribution in [1.29, 1.82) is 0 Å². The molecule has 0 amide bonds. The summed E-state index contributed by atoms with van der Waals surface area (Å²) in [7, 11) is 0. The van der Waals surface area contributed by atoms with Gasteiger partial charge in [-0.25, -0.2) is 0 Å². The zero-order valence-corrected chi connectivity index (χ0v) is 15.6. The molecule has 2 saturated carbocycles. The van der Waals surface area contributed by atoms with Crippen molar-refractivity contribution in [3.8, 4) is 0 Å². The van der Waals surface area contributed by atoms with Gasteiger partial charge in [0.1, 0.15) is 5.84 Å². The number of benzene rings is 2. The Morgan fingerprint density at radius 1 is 0.808 bits per heavy atom. The average Bonchev–Trinajstić information content (AvgIpc) is 3.44. The summed E-state index contributed by atoms with van der Waals surface area (Å²) in [6.45, 7) is 0. The number of hydrogen-bond acceptors (Lipinski definition) is 2. The lowest BCUT2D eigenvalue weighted by molar-refractivity contribution is 0.401. The molecule has 0 atom stereocenters. The molecule has 0 bridgehead atoms. The predicted octanol–water partition coefficient (Wildman–Crippen LogP) is 5.97. The molecule has 1 aliphatic heterocycles. The normalized spacial score (nSPS) is 23.8. The summed E-state index contributed by atoms with van der Waals surface area (Å²) in [5, 5.41) is 8.37. The maximum absolute atomic E-state index is 6.52. The quantitative estimate of drug-likeness (QED) is 0.688. The van der Waals surface area contributed by atoms with E-state index in [-0.39, 0.29) is 11.1 Å². The van der Waals surface area contributed by atoms with E-state index >= 15 is 0 Å². The number of nitrogens with zero attached hydrogens (tertiary/aromatic N) is 1. The van der Waals surface area contributed by atoms with Crippen molar-refractivity contribution in [2.45, 2.75) is 56.0 Å². The van der Waals surface area contributed by atoms with E-state index in [1.807, 2.05) is 12.1 Å². The van der Waals surface area contributed by atoms with Crippen LogP contribution in [0.4, 0.5) is 11.4 Å². The van der Waals surface area contributed by atoms with Gasteiger partial charge >= 0.3 is 0 Å². The molecule has 1 heterocycles. The first kappa shape index (κ1) is 16.2. The highest BCUT2D eigenvalue weighted by Gasteiger charge is 2.49. The monoisotopic (exact) mass is 365 g/mol. The van der Waals surface area contributed by atoms with Gasteiger partial charge in [0.15, 0.2) is 0 Å². The second-order valence-electron chi connectivity index (χ2n) is 7.91. The molecule has 0 unspecified atom stereocenters. The zero-order chi connectivity index (χ0) is 17.6. The first-order chi connectivity index (χ1) is 12.7. The van der Waals surface area contributed by atoms with Crippen LogP contribution in [0, 0.1) is 0 Å². The number of para-hydroxylation sites is 2. The summed E-state index contributed by atoms with van der Waals surface area (Å²) in [6, 6.07) is 16.6. The summed E-state index contributed by atoms with van der Waals surface area (Å²) >= 11 is 6.52. The van der Waals surface area contributed by atoms with Crippen molar-refractivity contribution in [2.75, 3.05) is 10.6 Å². The minimum absolute atomic E-state index is 0.0660. The number of nitrogens with one attached hydrogen (secondary N) is 2. The number of fused-ring (bicyclic) bond motifs is 1. The van der Waals surface area contributed by atoms with E-state index in [0.717, 1.165) is 42.2 Å². The van der Waals surface area contributed by atoms with Crippen LogP contribution in [0.25, 0.3) is 0 Å². The lowest BCUT2D eigenvalue weighted by atomic mass is 9.79. The molecular formula is C22H24ClN3. The van der Waals surface area contributed by atoms with Gasteiger partial charge in [-0.3, -0.25) is 4.99 Å². The van der Waals surface area contributed by atoms with Crippen molar-refractivity contribution >= 4 is 28.8 Å². The maximum Gasteiger partial charge on any atom is 0.128 e. The molecule has 0 aromatic heterocycles. The Morgan fingerprint density at radius 3 is 2.23 bits per heavy atom. The van der Waals surface area contributed by atoms with Gasteiger partial charge in [-0.15, -0.1) is 0 Å². The summed E-state index contributed by atoms with van der Waals surface area (Å²) in [6.07, 6.45) is 8.20. The number of halogens is 1. The highest BCUT2D eigenvalue weighted by molar-refractivity contribution is 6.31. The Morgan fingerprint density at radius 2 is 1.50 bits per heavy atom. The smallest absolute Gasteiger partial charge is 0.128 e. The molecule has 2 aromatic rings. The van der Waals surface area contributed by atoms with E-state index in [4.69, 9.17) is 16.6 Å². The molecule has 2 aliphatic carbocycles. The van der Waals surface area contributed by atoms with Crippen LogP contribution in [0.3, 0.4) is 0 Å². The van der Waals surface area contributed by atoms with Crippen LogP contribution in [0.2, 0.25) is 5.02 Å². The van der Waals surface area contributed by atoms with Gasteiger partial charge in [0.05, 0.1) is 22.5 Å². The Bertz CT molecular complexity index is 863. The van der Waals surface area contributed by atoms with Gasteiger partial charge in [0.2, 0.25) is 0 Å². The van der Waals surface area contributed by atoms with E-state index < -0.39 is 0 Å². The molecule has 0 radical (unpaired) electrons. The predicted molar refractivity (Wildman–Crippen MR) is 109 cm³/mol. The Balaban J connectivity index is 1.59. The van der Waals surface area contributed by atoms with E-state index in [0.29, 0.717) is 0 Å². The average molecular weight is 366 g/mol. The van der Waals surface area contributed by atoms with E-state index in [1.165, 1.54) is 30.5 Å². The van der Waals surface area contributed by atoms with Crippen molar-refractivity contribution in [1.82, 2.24) is 0 Å². The van der Waals surface area contributed by atoms with Gasteiger partial charge in [0.25, 0.3) is 0 Å². The van der Waals surface area contributed by atoms with Gasteiger partial charge in [-0.1, -0.05) is 61.2 Å². The van der Waals surface area contributed by atoms with Crippen LogP contribution >= 0.6 is 11.6 Å². The Hall–Kier alpha value is -2.00. The van der Waals surface area contributed by atoms with E-state index in [2.05, 4.69) is 47.0 Å². The lowest BCUT2D eigenvalue weighted by Crippen LogP contribution is -2.54. The number of rotatable bonds is 2. The van der Waals surface area contributed by atoms with Crippen LogP contribution in [-0.2, 0) is 5.54 Å². The molecule has 0 saturated heterocycles. The van der Waals surface area contributed by atoms with Crippen LogP contribution in [0.15, 0.2) is 53.5 Å². The molecular weight excluding hydrogens is 342 g/mol. The second kappa shape index (κ2) is 6.02. The Labute approximate surface area is 159 Å². The molecule has 134 valence electrons. The second-order valence-corrected chi connectivity index (χ2v) is 8.32. The molecule has 3 aliphatic rings. The topological polar surface area (TPSA) is 36.4 Å². The lowest BCUT2D eigenvalue weighted by Gasteiger charge is -2.44. The standard InChI is InChI=1S/C22H24ClN3/c23-17-9-3-2-8-16(17)21(14-15-21)26-20-22(12-6-1-7-13-22)25-19-11-5-4-10-18(19)24-20/h2-5,8-11,25H,1,6-7,12-15H2,(H,24,26). The first-order valence-electron chi connectivity index (χ1n) is 9.71. The molecule has 5 rings (SSSR count). The third-order valence-electron chi connectivity index (χ3n) is 6.14. The number of anilines is 2. The van der Waals surface area contributed by atoms with Crippen molar-refractivity contribution in [3.05, 3.63) is 59.1 Å². The minimum atomic E-state index is -0.154. The molecule has 1 spiro atoms. The fourth-order valence-corrected chi connectivity index (χ4v) is 4.84. The van der Waals surface area contributed by atoms with Crippen LogP contribution in [0.1, 0.15) is 50.5 Å². The largest absolute Gasteiger partial charge is 0.371 e. The van der Waals surface area contributed by atoms with Gasteiger partial charge in [-0.2, -0.15) is 0 Å². The van der Waals surface area contributed by atoms with E-state index in [1.54, 1.807) is 0 Å². The zero-order valence-electron chi connectivity index (χ0n) is 14.9. The van der Waals surface area contributed by atoms with Crippen molar-refractivity contribution in [3.63, 3.8) is 0 Å². The van der Waals surface area contributed by atoms with Crippen LogP contribution < -0.4 is 10.6 Å². The number of amidine groups is 1. The third kappa shape index (κ3) is 2.61. The van der Waals surface area contributed by atoms with Gasteiger partial charge in [-0.05, 0) is 49.4 Å². The SMILES string of the molecule is Clc1ccccc1C1(N=C2Nc3ccccc3NC23CCCCC3)CC1. The third-order valence-corrected chi connectivity index (χ3v) is 6.47. The molecule has 2 fully saturated rings. The van der Waals surface area contributed by atoms with Crippen LogP contribution in [0.5, 0.6) is 0 Å². The fourth-order valence-electron chi connectivity index (χ4n) is 4.53. The first-order valence-corrected chi connectivity index (χ1v) is 10.1. The number of aliphatic imine (C=N–C) groups is 1. The molecule has 2 aromatic carbocycles. The molecule has 3 nitrogen and oxygen atoms in total. The van der Waals surface area contributed by atoms with Gasteiger partial charge in [0, 0.05) is 5.02 Å². The molecule has 4 heteroatoms. The highest BCUT2D eigenvalue weighted by atomic mass is 35.5. The summed E-state index contributed by atoms with van der Waals surface area (Å²) in [4.78, 5) is 5.34. The summed E-state index contributed by atoms with van der Waals surface area (Å²) in [5.74, 6) is 1.10. The minimum Gasteiger partial charge on any atom is -0.371 e. The fraction of sp³-hybridized carbons (Fsp3) is 0.409.